The van der Waals surface area contributed by atoms with Crippen LogP contribution in [0.5, 0.6) is 0 Å². The predicted octanol–water partition coefficient (Wildman–Crippen LogP) is 4.86. The Hall–Kier alpha value is -3.46. The zero-order valence-electron chi connectivity index (χ0n) is 20.4. The lowest BCUT2D eigenvalue weighted by Crippen LogP contribution is -2.41. The van der Waals surface area contributed by atoms with Gasteiger partial charge in [0.2, 0.25) is 0 Å². The molecule has 1 aromatic heterocycles. The van der Waals surface area contributed by atoms with Gasteiger partial charge in [-0.2, -0.15) is 0 Å². The molecular weight excluding hydrogens is 448 g/mol. The van der Waals surface area contributed by atoms with Crippen LogP contribution in [0.2, 0.25) is 0 Å². The maximum absolute atomic E-state index is 13.6. The lowest BCUT2D eigenvalue weighted by molar-refractivity contribution is 0.209. The van der Waals surface area contributed by atoms with E-state index in [4.69, 9.17) is 11.6 Å². The molecule has 1 aliphatic carbocycles. The molecule has 4 rings (SSSR count). The summed E-state index contributed by atoms with van der Waals surface area (Å²) in [5.41, 5.74) is 8.57. The molecule has 3 aromatic rings. The summed E-state index contributed by atoms with van der Waals surface area (Å²) in [4.78, 5) is 8.81. The average molecular weight is 482 g/mol. The second kappa shape index (κ2) is 9.65. The Balaban J connectivity index is 1.67. The fourth-order valence-corrected chi connectivity index (χ4v) is 3.79. The van der Waals surface area contributed by atoms with Crippen LogP contribution in [-0.4, -0.2) is 33.7 Å². The van der Waals surface area contributed by atoms with Gasteiger partial charge < -0.3 is 21.4 Å². The zero-order valence-corrected chi connectivity index (χ0v) is 20.4. The number of fused-ring (bicyclic) bond motifs is 1. The largest absolute Gasteiger partial charge is 0.399 e. The van der Waals surface area contributed by atoms with Crippen molar-refractivity contribution in [3.05, 3.63) is 72.1 Å². The van der Waals surface area contributed by atoms with Gasteiger partial charge in [-0.1, -0.05) is 32.9 Å². The van der Waals surface area contributed by atoms with Crippen molar-refractivity contribution in [1.29, 1.82) is 0 Å². The maximum Gasteiger partial charge on any atom is 0.137 e. The van der Waals surface area contributed by atoms with Gasteiger partial charge in [0.05, 0.1) is 22.8 Å². The van der Waals surface area contributed by atoms with E-state index in [1.54, 1.807) is 18.3 Å². The average Bonchev–Trinajstić information content (AvgIpc) is 3.63. The summed E-state index contributed by atoms with van der Waals surface area (Å²) in [7, 11) is 0. The highest BCUT2D eigenvalue weighted by Crippen LogP contribution is 2.41. The number of hydrogen-bond acceptors (Lipinski definition) is 7. The summed E-state index contributed by atoms with van der Waals surface area (Å²) in [6.07, 6.45) is 4.45. The number of nitrogens with zero attached hydrogens (tertiary/aromatic N) is 3. The quantitative estimate of drug-likeness (QED) is 0.256. The smallest absolute Gasteiger partial charge is 0.137 e. The lowest BCUT2D eigenvalue weighted by atomic mass is 9.97. The van der Waals surface area contributed by atoms with Crippen LogP contribution < -0.4 is 22.2 Å². The molecular formula is C26H33F2N7. The van der Waals surface area contributed by atoms with Crippen molar-refractivity contribution in [2.24, 2.45) is 17.0 Å². The molecule has 1 aliphatic rings. The van der Waals surface area contributed by atoms with E-state index in [1.807, 2.05) is 18.2 Å². The van der Waals surface area contributed by atoms with Crippen molar-refractivity contribution < 1.29 is 8.78 Å². The van der Waals surface area contributed by atoms with E-state index in [1.165, 1.54) is 23.5 Å². The van der Waals surface area contributed by atoms with Crippen molar-refractivity contribution in [3.8, 4) is 0 Å². The topological polar surface area (TPSA) is 105 Å². The number of nitrogens with two attached hydrogens (primary N) is 2. The van der Waals surface area contributed by atoms with Crippen molar-refractivity contribution in [2.75, 3.05) is 23.9 Å². The highest BCUT2D eigenvalue weighted by Gasteiger charge is 2.47. The fraction of sp³-hybridized carbons (Fsp3) is 0.385. The number of halogens is 2. The van der Waals surface area contributed by atoms with Gasteiger partial charge in [-0.3, -0.25) is 0 Å². The van der Waals surface area contributed by atoms with Crippen molar-refractivity contribution in [2.45, 2.75) is 45.2 Å². The normalized spacial score (nSPS) is 16.1. The molecule has 0 spiro atoms. The van der Waals surface area contributed by atoms with Crippen molar-refractivity contribution >= 4 is 22.4 Å². The van der Waals surface area contributed by atoms with Crippen LogP contribution >= 0.6 is 0 Å². The van der Waals surface area contributed by atoms with Gasteiger partial charge in [0.25, 0.3) is 0 Å². The molecule has 0 aliphatic heterocycles. The number of hydrogen-bond donors (Lipinski definition) is 4. The number of alkyl halides is 1. The van der Waals surface area contributed by atoms with Gasteiger partial charge in [-0.05, 0) is 54.2 Å². The van der Waals surface area contributed by atoms with E-state index < -0.39 is 18.3 Å². The highest BCUT2D eigenvalue weighted by molar-refractivity contribution is 5.91. The number of anilines is 2. The molecule has 0 saturated heterocycles. The Morgan fingerprint density at radius 2 is 1.89 bits per heavy atom. The van der Waals surface area contributed by atoms with E-state index in [0.29, 0.717) is 18.5 Å². The molecule has 6 N–H and O–H groups in total. The van der Waals surface area contributed by atoms with E-state index in [-0.39, 0.29) is 11.2 Å². The molecule has 1 fully saturated rings. The highest BCUT2D eigenvalue weighted by atomic mass is 19.1. The van der Waals surface area contributed by atoms with Crippen molar-refractivity contribution in [1.82, 2.24) is 15.0 Å². The Morgan fingerprint density at radius 1 is 1.17 bits per heavy atom. The van der Waals surface area contributed by atoms with E-state index in [2.05, 4.69) is 41.4 Å². The number of nitrogens with one attached hydrogen (secondary N) is 2. The Morgan fingerprint density at radius 3 is 2.51 bits per heavy atom. The lowest BCUT2D eigenvalue weighted by Gasteiger charge is -2.27. The first-order chi connectivity index (χ1) is 16.6. The van der Waals surface area contributed by atoms with Gasteiger partial charge >= 0.3 is 0 Å². The van der Waals surface area contributed by atoms with Crippen LogP contribution in [0.25, 0.3) is 10.9 Å². The molecule has 1 heterocycles. The first-order valence-electron chi connectivity index (χ1n) is 11.7. The molecule has 1 unspecified atom stereocenters. The SMILES string of the molecule is CC(C)(C)CNc1ncnc2ccc(NC(/C(N)=C/N(N)C3(CF)CC3)c3ccc(F)cc3)cc12. The molecule has 35 heavy (non-hydrogen) atoms. The van der Waals surface area contributed by atoms with Crippen LogP contribution in [0.4, 0.5) is 20.3 Å². The van der Waals surface area contributed by atoms with Crippen LogP contribution in [0.3, 0.4) is 0 Å². The first-order valence-corrected chi connectivity index (χ1v) is 11.7. The Labute approximate surface area is 204 Å². The number of rotatable bonds is 9. The van der Waals surface area contributed by atoms with Crippen LogP contribution in [0.15, 0.2) is 60.7 Å². The second-order valence-corrected chi connectivity index (χ2v) is 10.4. The first kappa shape index (κ1) is 24.7. The summed E-state index contributed by atoms with van der Waals surface area (Å²) in [6.45, 7) is 6.64. The summed E-state index contributed by atoms with van der Waals surface area (Å²) in [5.74, 6) is 6.54. The Bertz CT molecular complexity index is 1200. The van der Waals surface area contributed by atoms with Crippen molar-refractivity contribution in [3.63, 3.8) is 0 Å². The molecule has 0 radical (unpaired) electrons. The minimum Gasteiger partial charge on any atom is -0.399 e. The summed E-state index contributed by atoms with van der Waals surface area (Å²) >= 11 is 0. The van der Waals surface area contributed by atoms with E-state index in [0.717, 1.165) is 34.5 Å². The van der Waals surface area contributed by atoms with Gasteiger partial charge in [0, 0.05) is 23.8 Å². The monoisotopic (exact) mass is 481 g/mol. The third-order valence-electron chi connectivity index (χ3n) is 6.18. The predicted molar refractivity (Wildman–Crippen MR) is 136 cm³/mol. The molecule has 0 bridgehead atoms. The van der Waals surface area contributed by atoms with Gasteiger partial charge in [-0.15, -0.1) is 0 Å². The molecule has 1 saturated carbocycles. The minimum atomic E-state index is -0.689. The number of aromatic nitrogens is 2. The van der Waals surface area contributed by atoms with E-state index >= 15 is 0 Å². The van der Waals surface area contributed by atoms with E-state index in [9.17, 15) is 8.78 Å². The molecule has 1 atom stereocenters. The number of benzene rings is 2. The summed E-state index contributed by atoms with van der Waals surface area (Å²) < 4.78 is 27.1. The molecule has 7 nitrogen and oxygen atoms in total. The third-order valence-corrected chi connectivity index (χ3v) is 6.18. The van der Waals surface area contributed by atoms with Gasteiger partial charge in [0.1, 0.15) is 24.6 Å². The van der Waals surface area contributed by atoms with Gasteiger partial charge in [0.15, 0.2) is 0 Å². The Kier molecular flexibility index (Phi) is 6.80. The summed E-state index contributed by atoms with van der Waals surface area (Å²) in [6, 6.07) is 11.3. The number of hydrazine groups is 1. The molecule has 2 aromatic carbocycles. The molecule has 9 heteroatoms. The standard InChI is InChI=1S/C26H33F2N7/c1-25(2,3)15-31-24-20-12-19(8-9-22(20)32-16-33-24)34-23(17-4-6-18(28)7-5-17)21(29)13-35(30)26(14-27)10-11-26/h4-9,12-13,16,23,34H,10-11,14-15,29-30H2,1-3H3,(H,31,32,33)/b21-13-. The molecule has 0 amide bonds. The zero-order chi connectivity index (χ0) is 25.2. The van der Waals surface area contributed by atoms with Crippen LogP contribution in [-0.2, 0) is 0 Å². The fourth-order valence-electron chi connectivity index (χ4n) is 3.79. The minimum absolute atomic E-state index is 0.0761. The van der Waals surface area contributed by atoms with Crippen LogP contribution in [0.1, 0.15) is 45.2 Å². The summed E-state index contributed by atoms with van der Waals surface area (Å²) in [5, 5.41) is 9.06. The van der Waals surface area contributed by atoms with Crippen LogP contribution in [0, 0.1) is 11.2 Å². The van der Waals surface area contributed by atoms with Gasteiger partial charge in [-0.25, -0.2) is 24.6 Å². The molecule has 186 valence electrons. The maximum atomic E-state index is 13.6. The third kappa shape index (κ3) is 5.79. The second-order valence-electron chi connectivity index (χ2n) is 10.4.